The van der Waals surface area contributed by atoms with Gasteiger partial charge in [-0.2, -0.15) is 0 Å². The maximum Gasteiger partial charge on any atom is 0.420 e. The number of anilines is 1. The molecule has 1 saturated carbocycles. The molecule has 2 N–H and O–H groups in total. The number of hydrogen-bond donors (Lipinski definition) is 1. The Morgan fingerprint density at radius 1 is 1.31 bits per heavy atom. The van der Waals surface area contributed by atoms with Gasteiger partial charge in [-0.1, -0.05) is 12.8 Å². The molecule has 1 fully saturated rings. The third kappa shape index (κ3) is 1.33. The molecular weight excluding hydrogens is 204 g/mol. The summed E-state index contributed by atoms with van der Waals surface area (Å²) in [5.74, 6) is -0.257. The molecule has 1 aromatic heterocycles. The molecule has 0 amide bonds. The standard InChI is InChI=1S/C12H14N2O2/c13-8-5-6-11-10(7-8)14(12(15)16-11)9-3-1-2-4-9/h5-7,9H,1-4,13H2. The van der Waals surface area contributed by atoms with Crippen LogP contribution in [0, 0.1) is 0 Å². The van der Waals surface area contributed by atoms with Gasteiger partial charge in [-0.25, -0.2) is 4.79 Å². The van der Waals surface area contributed by atoms with Gasteiger partial charge in [0.25, 0.3) is 0 Å². The summed E-state index contributed by atoms with van der Waals surface area (Å²) in [5, 5.41) is 0. The molecule has 1 aromatic carbocycles. The highest BCUT2D eigenvalue weighted by Crippen LogP contribution is 2.31. The normalized spacial score (nSPS) is 17.2. The first-order chi connectivity index (χ1) is 7.75. The van der Waals surface area contributed by atoms with Crippen LogP contribution in [0.5, 0.6) is 0 Å². The van der Waals surface area contributed by atoms with Gasteiger partial charge < -0.3 is 10.2 Å². The van der Waals surface area contributed by atoms with Crippen LogP contribution in [0.25, 0.3) is 11.1 Å². The van der Waals surface area contributed by atoms with Gasteiger partial charge in [0.2, 0.25) is 0 Å². The summed E-state index contributed by atoms with van der Waals surface area (Å²) >= 11 is 0. The molecule has 16 heavy (non-hydrogen) atoms. The number of benzene rings is 1. The molecule has 0 unspecified atom stereocenters. The lowest BCUT2D eigenvalue weighted by molar-refractivity contribution is 0.446. The summed E-state index contributed by atoms with van der Waals surface area (Å²) in [6, 6.07) is 5.62. The number of nitrogens with zero attached hydrogens (tertiary/aromatic N) is 1. The van der Waals surface area contributed by atoms with Crippen molar-refractivity contribution in [3.05, 3.63) is 28.7 Å². The van der Waals surface area contributed by atoms with Crippen molar-refractivity contribution >= 4 is 16.8 Å². The van der Waals surface area contributed by atoms with Gasteiger partial charge in [0.15, 0.2) is 5.58 Å². The molecule has 0 saturated heterocycles. The predicted molar refractivity (Wildman–Crippen MR) is 62.4 cm³/mol. The van der Waals surface area contributed by atoms with Crippen molar-refractivity contribution in [1.29, 1.82) is 0 Å². The summed E-state index contributed by atoms with van der Waals surface area (Å²) in [7, 11) is 0. The zero-order valence-corrected chi connectivity index (χ0v) is 8.98. The van der Waals surface area contributed by atoms with E-state index in [1.165, 1.54) is 12.8 Å². The molecule has 4 nitrogen and oxygen atoms in total. The van der Waals surface area contributed by atoms with Crippen molar-refractivity contribution in [3.8, 4) is 0 Å². The number of fused-ring (bicyclic) bond motifs is 1. The first kappa shape index (κ1) is 9.51. The van der Waals surface area contributed by atoms with Crippen LogP contribution in [0.4, 0.5) is 5.69 Å². The van der Waals surface area contributed by atoms with Crippen LogP contribution in [-0.4, -0.2) is 4.57 Å². The third-order valence-electron chi connectivity index (χ3n) is 3.33. The first-order valence-electron chi connectivity index (χ1n) is 5.66. The molecule has 0 radical (unpaired) electrons. The second-order valence-electron chi connectivity index (χ2n) is 4.40. The van der Waals surface area contributed by atoms with E-state index in [9.17, 15) is 4.79 Å². The first-order valence-corrected chi connectivity index (χ1v) is 5.66. The van der Waals surface area contributed by atoms with Crippen LogP contribution in [0.1, 0.15) is 31.7 Å². The number of nitrogen functional groups attached to an aromatic ring is 1. The molecular formula is C12H14N2O2. The van der Waals surface area contributed by atoms with E-state index < -0.39 is 0 Å². The molecule has 0 aliphatic heterocycles. The van der Waals surface area contributed by atoms with Gasteiger partial charge in [0.05, 0.1) is 5.52 Å². The highest BCUT2D eigenvalue weighted by atomic mass is 16.4. The lowest BCUT2D eigenvalue weighted by Gasteiger charge is -2.09. The fourth-order valence-electron chi connectivity index (χ4n) is 2.56. The Morgan fingerprint density at radius 3 is 2.81 bits per heavy atom. The fraction of sp³-hybridized carbons (Fsp3) is 0.417. The Hall–Kier alpha value is -1.71. The fourth-order valence-corrected chi connectivity index (χ4v) is 2.56. The monoisotopic (exact) mass is 218 g/mol. The second-order valence-corrected chi connectivity index (χ2v) is 4.40. The molecule has 0 bridgehead atoms. The molecule has 0 spiro atoms. The van der Waals surface area contributed by atoms with E-state index in [4.69, 9.17) is 10.2 Å². The Bertz CT molecular complexity index is 576. The van der Waals surface area contributed by atoms with E-state index in [0.29, 0.717) is 11.3 Å². The minimum absolute atomic E-state index is 0.257. The van der Waals surface area contributed by atoms with E-state index in [-0.39, 0.29) is 11.8 Å². The van der Waals surface area contributed by atoms with Crippen LogP contribution >= 0.6 is 0 Å². The summed E-state index contributed by atoms with van der Waals surface area (Å²) in [4.78, 5) is 11.8. The minimum atomic E-state index is -0.257. The Labute approximate surface area is 92.7 Å². The second kappa shape index (κ2) is 3.40. The van der Waals surface area contributed by atoms with Crippen molar-refractivity contribution < 1.29 is 4.42 Å². The van der Waals surface area contributed by atoms with Crippen LogP contribution in [-0.2, 0) is 0 Å². The average molecular weight is 218 g/mol. The zero-order chi connectivity index (χ0) is 11.1. The van der Waals surface area contributed by atoms with Crippen molar-refractivity contribution in [3.63, 3.8) is 0 Å². The highest BCUT2D eigenvalue weighted by Gasteiger charge is 2.22. The number of aromatic nitrogens is 1. The molecule has 1 aliphatic rings. The Balaban J connectivity index is 2.25. The van der Waals surface area contributed by atoms with E-state index in [1.54, 1.807) is 16.7 Å². The van der Waals surface area contributed by atoms with Gasteiger partial charge in [-0.3, -0.25) is 4.57 Å². The number of rotatable bonds is 1. The van der Waals surface area contributed by atoms with Gasteiger partial charge >= 0.3 is 5.76 Å². The average Bonchev–Trinajstić information content (AvgIpc) is 2.83. The molecule has 1 heterocycles. The van der Waals surface area contributed by atoms with Crippen molar-refractivity contribution in [2.75, 3.05) is 5.73 Å². The largest absolute Gasteiger partial charge is 0.420 e. The Kier molecular flexibility index (Phi) is 2.02. The van der Waals surface area contributed by atoms with Gasteiger partial charge in [0.1, 0.15) is 0 Å². The smallest absolute Gasteiger partial charge is 0.408 e. The molecule has 0 atom stereocenters. The maximum atomic E-state index is 11.8. The van der Waals surface area contributed by atoms with Crippen LogP contribution in [0.3, 0.4) is 0 Å². The summed E-state index contributed by atoms with van der Waals surface area (Å²) in [6.45, 7) is 0. The van der Waals surface area contributed by atoms with Crippen molar-refractivity contribution in [1.82, 2.24) is 4.57 Å². The molecule has 2 aromatic rings. The SMILES string of the molecule is Nc1ccc2oc(=O)n(C3CCCC3)c2c1. The van der Waals surface area contributed by atoms with Crippen LogP contribution in [0.15, 0.2) is 27.4 Å². The Morgan fingerprint density at radius 2 is 2.06 bits per heavy atom. The maximum absolute atomic E-state index is 11.8. The number of hydrogen-bond acceptors (Lipinski definition) is 3. The lowest BCUT2D eigenvalue weighted by atomic mass is 10.2. The molecule has 3 rings (SSSR count). The van der Waals surface area contributed by atoms with E-state index in [2.05, 4.69) is 0 Å². The van der Waals surface area contributed by atoms with Gasteiger partial charge in [0, 0.05) is 11.7 Å². The third-order valence-corrected chi connectivity index (χ3v) is 3.33. The molecule has 1 aliphatic carbocycles. The zero-order valence-electron chi connectivity index (χ0n) is 8.98. The summed E-state index contributed by atoms with van der Waals surface area (Å²) < 4.78 is 6.98. The van der Waals surface area contributed by atoms with Gasteiger partial charge in [-0.05, 0) is 31.0 Å². The van der Waals surface area contributed by atoms with Gasteiger partial charge in [-0.15, -0.1) is 0 Å². The highest BCUT2D eigenvalue weighted by molar-refractivity contribution is 5.77. The molecule has 84 valence electrons. The summed E-state index contributed by atoms with van der Waals surface area (Å²) in [6.07, 6.45) is 4.49. The topological polar surface area (TPSA) is 61.2 Å². The number of oxazole rings is 1. The molecule has 4 heteroatoms. The van der Waals surface area contributed by atoms with E-state index in [1.807, 2.05) is 6.07 Å². The minimum Gasteiger partial charge on any atom is -0.408 e. The van der Waals surface area contributed by atoms with Crippen LogP contribution < -0.4 is 11.5 Å². The van der Waals surface area contributed by atoms with Crippen molar-refractivity contribution in [2.45, 2.75) is 31.7 Å². The quantitative estimate of drug-likeness (QED) is 0.747. The van der Waals surface area contributed by atoms with Crippen LogP contribution in [0.2, 0.25) is 0 Å². The predicted octanol–water partition coefficient (Wildman–Crippen LogP) is 2.29. The number of nitrogens with two attached hydrogens (primary N) is 1. The lowest BCUT2D eigenvalue weighted by Crippen LogP contribution is -2.18. The van der Waals surface area contributed by atoms with Crippen molar-refractivity contribution in [2.24, 2.45) is 0 Å². The summed E-state index contributed by atoms with van der Waals surface area (Å²) in [5.41, 5.74) is 7.87. The van der Waals surface area contributed by atoms with E-state index in [0.717, 1.165) is 18.4 Å². The van der Waals surface area contributed by atoms with E-state index >= 15 is 0 Å².